The second kappa shape index (κ2) is 39.2. The van der Waals surface area contributed by atoms with Gasteiger partial charge in [0.1, 0.15) is 13.2 Å². The van der Waals surface area contributed by atoms with Gasteiger partial charge >= 0.3 is 7.82 Å². The molecule has 3 atom stereocenters. The van der Waals surface area contributed by atoms with Gasteiger partial charge in [0, 0.05) is 6.42 Å². The molecule has 0 aromatic rings. The molecule has 0 spiro atoms. The number of allylic oxidation sites excluding steroid dienone is 5. The Hall–Kier alpha value is -1.28. The summed E-state index contributed by atoms with van der Waals surface area (Å²) in [5.74, 6) is -0.185. The molecule has 0 aromatic heterocycles. The summed E-state index contributed by atoms with van der Waals surface area (Å²) < 4.78 is 23.6. The van der Waals surface area contributed by atoms with Crippen molar-refractivity contribution in [1.82, 2.24) is 5.32 Å². The molecule has 0 fully saturated rings. The van der Waals surface area contributed by atoms with Gasteiger partial charge in [0.05, 0.1) is 39.9 Å². The third-order valence-corrected chi connectivity index (χ3v) is 11.3. The summed E-state index contributed by atoms with van der Waals surface area (Å²) in [5.41, 5.74) is 0. The van der Waals surface area contributed by atoms with Crippen molar-refractivity contribution >= 4 is 13.7 Å². The van der Waals surface area contributed by atoms with E-state index in [1.165, 1.54) is 135 Å². The van der Waals surface area contributed by atoms with Gasteiger partial charge in [-0.3, -0.25) is 13.8 Å². The summed E-state index contributed by atoms with van der Waals surface area (Å²) in [6, 6.07) is -0.849. The van der Waals surface area contributed by atoms with Gasteiger partial charge in [0.2, 0.25) is 5.91 Å². The number of phosphoric acid groups is 1. The predicted octanol–water partition coefficient (Wildman–Crippen LogP) is 13.1. The zero-order chi connectivity index (χ0) is 41.4. The first-order valence-electron chi connectivity index (χ1n) is 23.4. The normalized spacial score (nSPS) is 14.6. The van der Waals surface area contributed by atoms with Crippen molar-refractivity contribution in [2.45, 2.75) is 219 Å². The van der Waals surface area contributed by atoms with Gasteiger partial charge in [-0.05, 0) is 51.4 Å². The number of phosphoric ester groups is 1. The highest BCUT2D eigenvalue weighted by Gasteiger charge is 2.27. The van der Waals surface area contributed by atoms with Gasteiger partial charge in [0.25, 0.3) is 0 Å². The van der Waals surface area contributed by atoms with Crippen molar-refractivity contribution < 1.29 is 32.9 Å². The molecule has 0 radical (unpaired) electrons. The van der Waals surface area contributed by atoms with Crippen LogP contribution >= 0.6 is 7.82 Å². The fraction of sp³-hybridized carbons (Fsp3) is 0.851. The maximum Gasteiger partial charge on any atom is 0.472 e. The number of hydrogen-bond acceptors (Lipinski definition) is 5. The third kappa shape index (κ3) is 40.9. The third-order valence-electron chi connectivity index (χ3n) is 10.4. The van der Waals surface area contributed by atoms with E-state index in [1.807, 2.05) is 27.2 Å². The molecule has 0 heterocycles. The molecule has 9 heteroatoms. The molecular weight excluding hydrogens is 719 g/mol. The summed E-state index contributed by atoms with van der Waals surface area (Å²) in [4.78, 5) is 23.1. The number of unbranched alkanes of at least 4 members (excludes halogenated alkanes) is 25. The minimum absolute atomic E-state index is 0.0597. The van der Waals surface area contributed by atoms with Gasteiger partial charge in [0.15, 0.2) is 0 Å². The van der Waals surface area contributed by atoms with Gasteiger partial charge in [-0.2, -0.15) is 0 Å². The number of aliphatic hydroxyl groups is 1. The van der Waals surface area contributed by atoms with Crippen LogP contribution in [0.3, 0.4) is 0 Å². The van der Waals surface area contributed by atoms with E-state index in [0.29, 0.717) is 17.4 Å². The minimum atomic E-state index is -4.34. The number of quaternary nitrogens is 1. The first kappa shape index (κ1) is 54.7. The van der Waals surface area contributed by atoms with Crippen LogP contribution in [0, 0.1) is 0 Å². The van der Waals surface area contributed by atoms with Gasteiger partial charge in [-0.15, -0.1) is 0 Å². The van der Waals surface area contributed by atoms with Crippen molar-refractivity contribution in [2.24, 2.45) is 0 Å². The van der Waals surface area contributed by atoms with Crippen LogP contribution in [0.1, 0.15) is 206 Å². The van der Waals surface area contributed by atoms with Crippen molar-refractivity contribution in [3.05, 3.63) is 36.5 Å². The molecular formula is C47H92N2O6P+. The Kier molecular flexibility index (Phi) is 38.3. The lowest BCUT2D eigenvalue weighted by Crippen LogP contribution is -2.45. The highest BCUT2D eigenvalue weighted by molar-refractivity contribution is 7.47. The number of aliphatic hydroxyl groups excluding tert-OH is 1. The number of nitrogens with zero attached hydrogens (tertiary/aromatic N) is 1. The molecule has 0 bridgehead atoms. The minimum Gasteiger partial charge on any atom is -0.387 e. The Morgan fingerprint density at radius 3 is 1.48 bits per heavy atom. The fourth-order valence-corrected chi connectivity index (χ4v) is 7.34. The highest BCUT2D eigenvalue weighted by atomic mass is 31.2. The van der Waals surface area contributed by atoms with Crippen molar-refractivity contribution in [3.63, 3.8) is 0 Å². The van der Waals surface area contributed by atoms with Gasteiger partial charge in [-0.1, -0.05) is 185 Å². The molecule has 0 aliphatic rings. The topological polar surface area (TPSA) is 105 Å². The molecule has 56 heavy (non-hydrogen) atoms. The van der Waals surface area contributed by atoms with E-state index in [1.54, 1.807) is 6.08 Å². The largest absolute Gasteiger partial charge is 0.472 e. The van der Waals surface area contributed by atoms with Crippen LogP contribution in [0.25, 0.3) is 0 Å². The zero-order valence-electron chi connectivity index (χ0n) is 37.4. The van der Waals surface area contributed by atoms with E-state index >= 15 is 0 Å². The summed E-state index contributed by atoms with van der Waals surface area (Å²) in [6.45, 7) is 4.79. The Bertz CT molecular complexity index is 1010. The van der Waals surface area contributed by atoms with Crippen LogP contribution in [0.5, 0.6) is 0 Å². The molecule has 8 nitrogen and oxygen atoms in total. The Morgan fingerprint density at radius 2 is 1.02 bits per heavy atom. The molecule has 3 unspecified atom stereocenters. The van der Waals surface area contributed by atoms with Crippen LogP contribution in [-0.2, 0) is 18.4 Å². The molecule has 1 amide bonds. The Morgan fingerprint density at radius 1 is 0.607 bits per heavy atom. The second-order valence-corrected chi connectivity index (χ2v) is 18.6. The van der Waals surface area contributed by atoms with E-state index in [0.717, 1.165) is 51.4 Å². The molecule has 0 saturated carbocycles. The number of likely N-dealkylation sites (N-methyl/N-ethyl adjacent to an activating group) is 1. The molecule has 0 aromatic carbocycles. The van der Waals surface area contributed by atoms with Crippen LogP contribution in [-0.4, -0.2) is 73.4 Å². The number of hydrogen-bond donors (Lipinski definition) is 3. The summed E-state index contributed by atoms with van der Waals surface area (Å²) in [6.07, 6.45) is 47.8. The molecule has 0 aliphatic carbocycles. The van der Waals surface area contributed by atoms with E-state index < -0.39 is 20.0 Å². The lowest BCUT2D eigenvalue weighted by atomic mass is 10.0. The Balaban J connectivity index is 4.41. The summed E-state index contributed by atoms with van der Waals surface area (Å²) >= 11 is 0. The quantitative estimate of drug-likeness (QED) is 0.0245. The maximum atomic E-state index is 12.9. The average Bonchev–Trinajstić information content (AvgIpc) is 3.15. The first-order chi connectivity index (χ1) is 27.0. The van der Waals surface area contributed by atoms with Crippen LogP contribution in [0.2, 0.25) is 0 Å². The van der Waals surface area contributed by atoms with E-state index in [2.05, 4.69) is 43.5 Å². The summed E-state index contributed by atoms with van der Waals surface area (Å²) in [7, 11) is 1.57. The number of carbonyl (C=O) groups is 1. The van der Waals surface area contributed by atoms with Crippen molar-refractivity contribution in [2.75, 3.05) is 40.9 Å². The first-order valence-corrected chi connectivity index (χ1v) is 24.9. The lowest BCUT2D eigenvalue weighted by molar-refractivity contribution is -0.870. The molecule has 0 saturated heterocycles. The van der Waals surface area contributed by atoms with Crippen LogP contribution in [0.4, 0.5) is 0 Å². The van der Waals surface area contributed by atoms with E-state index in [4.69, 9.17) is 9.05 Å². The standard InChI is InChI=1S/C47H91N2O6P/c1-6-8-10-12-14-16-18-20-22-24-25-27-29-31-33-35-37-39-41-47(51)48-45(44-55-56(52,53)54-43-42-49(3,4)5)46(50)40-38-36-34-32-30-28-26-23-21-19-17-15-13-11-9-7-2/h16,18,22,24,38,40,45-46,50H,6-15,17,19-21,23,25-37,39,41-44H2,1-5H3,(H-,48,51,52,53)/p+1/b18-16-,24-22-,40-38+. The predicted molar refractivity (Wildman–Crippen MR) is 240 cm³/mol. The van der Waals surface area contributed by atoms with E-state index in [-0.39, 0.29) is 19.1 Å². The monoisotopic (exact) mass is 812 g/mol. The maximum absolute atomic E-state index is 12.9. The lowest BCUT2D eigenvalue weighted by Gasteiger charge is -2.25. The van der Waals surface area contributed by atoms with Crippen LogP contribution in [0.15, 0.2) is 36.5 Å². The number of carbonyl (C=O) groups excluding carboxylic acids is 1. The highest BCUT2D eigenvalue weighted by Crippen LogP contribution is 2.43. The van der Waals surface area contributed by atoms with E-state index in [9.17, 15) is 19.4 Å². The molecule has 330 valence electrons. The summed E-state index contributed by atoms with van der Waals surface area (Å²) in [5, 5.41) is 13.8. The fourth-order valence-electron chi connectivity index (χ4n) is 6.60. The van der Waals surface area contributed by atoms with Gasteiger partial charge in [-0.25, -0.2) is 4.57 Å². The zero-order valence-corrected chi connectivity index (χ0v) is 38.3. The van der Waals surface area contributed by atoms with Crippen LogP contribution < -0.4 is 5.32 Å². The van der Waals surface area contributed by atoms with Crippen molar-refractivity contribution in [1.29, 1.82) is 0 Å². The molecule has 0 aliphatic heterocycles. The van der Waals surface area contributed by atoms with Crippen molar-refractivity contribution in [3.8, 4) is 0 Å². The SMILES string of the molecule is CCCCCC/C=C\C/C=C\CCCCCCCCCC(=O)NC(COP(=O)(O)OCC[N+](C)(C)C)C(O)/C=C/CCCCCCCCCCCCCCCC. The Labute approximate surface area is 347 Å². The second-order valence-electron chi connectivity index (χ2n) is 17.1. The molecule has 0 rings (SSSR count). The van der Waals surface area contributed by atoms with Gasteiger partial charge < -0.3 is 19.8 Å². The molecule has 3 N–H and O–H groups in total. The number of rotatable bonds is 42. The number of amides is 1. The average molecular weight is 812 g/mol. The number of nitrogens with one attached hydrogen (secondary N) is 1. The smallest absolute Gasteiger partial charge is 0.387 e.